The minimum atomic E-state index is -0.0466. The van der Waals surface area contributed by atoms with Gasteiger partial charge in [0.1, 0.15) is 30.1 Å². The normalized spacial score (nSPS) is 16.1. The van der Waals surface area contributed by atoms with E-state index < -0.39 is 0 Å². The number of nitrogens with two attached hydrogens (primary N) is 1. The molecule has 0 saturated carbocycles. The van der Waals surface area contributed by atoms with E-state index in [0.717, 1.165) is 43.8 Å². The molecule has 2 aliphatic heterocycles. The number of carbonyl (C=O) groups excluding carboxylic acids is 1. The third-order valence-corrected chi connectivity index (χ3v) is 6.75. The third-order valence-electron chi connectivity index (χ3n) is 6.75. The molecule has 1 fully saturated rings. The van der Waals surface area contributed by atoms with E-state index in [1.165, 1.54) is 5.56 Å². The Morgan fingerprint density at radius 1 is 0.946 bits per heavy atom. The number of benzene rings is 2. The Balaban J connectivity index is 1.16. The van der Waals surface area contributed by atoms with Gasteiger partial charge in [-0.05, 0) is 36.1 Å². The van der Waals surface area contributed by atoms with E-state index in [0.29, 0.717) is 31.1 Å². The molecule has 37 heavy (non-hydrogen) atoms. The summed E-state index contributed by atoms with van der Waals surface area (Å²) in [5, 5.41) is 0. The van der Waals surface area contributed by atoms with Crippen LogP contribution in [0.25, 0.3) is 0 Å². The first kappa shape index (κ1) is 25.0. The lowest BCUT2D eigenvalue weighted by molar-refractivity contribution is -0.117. The van der Waals surface area contributed by atoms with Crippen LogP contribution in [0.1, 0.15) is 29.5 Å². The molecule has 194 valence electrons. The van der Waals surface area contributed by atoms with Gasteiger partial charge in [0.25, 0.3) is 0 Å². The number of methoxy groups -OCH3 is 1. The molecule has 0 unspecified atom stereocenters. The second-order valence-electron chi connectivity index (χ2n) is 9.41. The number of piperidine rings is 1. The number of anilines is 2. The molecule has 9 heteroatoms. The number of aromatic nitrogens is 2. The first-order valence-corrected chi connectivity index (χ1v) is 12.7. The molecule has 2 aromatic carbocycles. The summed E-state index contributed by atoms with van der Waals surface area (Å²) >= 11 is 0. The van der Waals surface area contributed by atoms with Gasteiger partial charge in [-0.1, -0.05) is 42.5 Å². The lowest BCUT2D eigenvalue weighted by Gasteiger charge is -2.32. The molecule has 3 heterocycles. The van der Waals surface area contributed by atoms with E-state index in [-0.39, 0.29) is 30.3 Å². The highest BCUT2D eigenvalue weighted by Crippen LogP contribution is 2.33. The smallest absolute Gasteiger partial charge is 0.320 e. The molecule has 0 radical (unpaired) electrons. The fourth-order valence-corrected chi connectivity index (χ4v) is 4.74. The summed E-state index contributed by atoms with van der Waals surface area (Å²) < 4.78 is 16.7. The Morgan fingerprint density at radius 2 is 1.65 bits per heavy atom. The van der Waals surface area contributed by atoms with Gasteiger partial charge >= 0.3 is 6.01 Å². The predicted molar refractivity (Wildman–Crippen MR) is 141 cm³/mol. The number of para-hydroxylation sites is 1. The van der Waals surface area contributed by atoms with Crippen molar-refractivity contribution < 1.29 is 19.0 Å². The Morgan fingerprint density at radius 3 is 2.35 bits per heavy atom. The van der Waals surface area contributed by atoms with E-state index >= 15 is 0 Å². The molecule has 1 amide bonds. The van der Waals surface area contributed by atoms with Crippen molar-refractivity contribution in [1.82, 2.24) is 14.9 Å². The van der Waals surface area contributed by atoms with Crippen molar-refractivity contribution in [3.63, 3.8) is 0 Å². The molecule has 0 atom stereocenters. The highest BCUT2D eigenvalue weighted by molar-refractivity contribution is 6.01. The summed E-state index contributed by atoms with van der Waals surface area (Å²) in [6.07, 6.45) is 2.50. The quantitative estimate of drug-likeness (QED) is 0.421. The van der Waals surface area contributed by atoms with Gasteiger partial charge in [-0.3, -0.25) is 14.6 Å². The van der Waals surface area contributed by atoms with Crippen LogP contribution in [-0.4, -0.2) is 60.3 Å². The third kappa shape index (κ3) is 6.18. The summed E-state index contributed by atoms with van der Waals surface area (Å²) in [5.41, 5.74) is 9.03. The number of fused-ring (bicyclic) bond motifs is 1. The zero-order valence-electron chi connectivity index (χ0n) is 21.1. The van der Waals surface area contributed by atoms with E-state index in [1.807, 2.05) is 30.3 Å². The highest BCUT2D eigenvalue weighted by atomic mass is 16.5. The number of hydrogen-bond donors (Lipinski definition) is 1. The van der Waals surface area contributed by atoms with Gasteiger partial charge in [0.2, 0.25) is 5.91 Å². The monoisotopic (exact) mass is 503 g/mol. The number of nitrogens with zero attached hydrogens (tertiary/aromatic N) is 4. The average molecular weight is 504 g/mol. The first-order chi connectivity index (χ1) is 18.1. The molecular formula is C28H33N5O4. The molecule has 2 aliphatic rings. The van der Waals surface area contributed by atoms with Crippen molar-refractivity contribution in [2.24, 2.45) is 0 Å². The van der Waals surface area contributed by atoms with Crippen molar-refractivity contribution in [3.05, 3.63) is 71.3 Å². The van der Waals surface area contributed by atoms with Crippen molar-refractivity contribution in [2.45, 2.75) is 38.5 Å². The minimum Gasteiger partial charge on any atom is -0.490 e. The number of likely N-dealkylation sites (tertiary alicyclic amines) is 1. The van der Waals surface area contributed by atoms with Gasteiger partial charge in [-0.25, -0.2) is 0 Å². The van der Waals surface area contributed by atoms with Gasteiger partial charge in [0, 0.05) is 32.3 Å². The van der Waals surface area contributed by atoms with Gasteiger partial charge in [-0.2, -0.15) is 9.97 Å². The standard InChI is InChI=1S/C28H33N5O4/c1-35-15-16-36-28-30-26(29)24-17-25(34)33(27(24)31-28)19-21-9-7-20(8-10-21)18-32-13-11-23(12-14-32)37-22-5-3-2-4-6-22/h2-10,23H,11-19H2,1H3,(H2,29,30,31). The molecule has 1 aromatic heterocycles. The van der Waals surface area contributed by atoms with Crippen molar-refractivity contribution >= 4 is 17.5 Å². The van der Waals surface area contributed by atoms with Crippen LogP contribution in [0, 0.1) is 0 Å². The average Bonchev–Trinajstić information content (AvgIpc) is 3.22. The molecule has 1 saturated heterocycles. The minimum absolute atomic E-state index is 0.0466. The molecule has 3 aromatic rings. The second-order valence-corrected chi connectivity index (χ2v) is 9.41. The van der Waals surface area contributed by atoms with Crippen LogP contribution in [0.3, 0.4) is 0 Å². The van der Waals surface area contributed by atoms with Crippen LogP contribution in [0.15, 0.2) is 54.6 Å². The van der Waals surface area contributed by atoms with Crippen molar-refractivity contribution in [3.8, 4) is 11.8 Å². The Bertz CT molecular complexity index is 1200. The summed E-state index contributed by atoms with van der Waals surface area (Å²) in [7, 11) is 1.59. The van der Waals surface area contributed by atoms with E-state index in [2.05, 4.69) is 39.1 Å². The molecule has 0 spiro atoms. The van der Waals surface area contributed by atoms with Crippen LogP contribution >= 0.6 is 0 Å². The molecule has 2 N–H and O–H groups in total. The fourth-order valence-electron chi connectivity index (χ4n) is 4.74. The molecule has 9 nitrogen and oxygen atoms in total. The SMILES string of the molecule is COCCOc1nc(N)c2c(n1)N(Cc1ccc(CN3CCC(Oc4ccccc4)CC3)cc1)C(=O)C2. The van der Waals surface area contributed by atoms with Gasteiger partial charge in [-0.15, -0.1) is 0 Å². The molecule has 5 rings (SSSR count). The van der Waals surface area contributed by atoms with E-state index in [9.17, 15) is 4.79 Å². The summed E-state index contributed by atoms with van der Waals surface area (Å²) in [6.45, 7) is 4.05. The molecule has 0 aliphatic carbocycles. The molecular weight excluding hydrogens is 470 g/mol. The number of carbonyl (C=O) groups is 1. The zero-order chi connectivity index (χ0) is 25.6. The maximum absolute atomic E-state index is 12.8. The fraction of sp³-hybridized carbons (Fsp3) is 0.393. The Kier molecular flexibility index (Phi) is 7.82. The summed E-state index contributed by atoms with van der Waals surface area (Å²) in [4.78, 5) is 25.5. The highest BCUT2D eigenvalue weighted by Gasteiger charge is 2.32. The number of amides is 1. The number of rotatable bonds is 10. The number of hydrogen-bond acceptors (Lipinski definition) is 8. The lowest BCUT2D eigenvalue weighted by atomic mass is 10.1. The predicted octanol–water partition coefficient (Wildman–Crippen LogP) is 3.22. The summed E-state index contributed by atoms with van der Waals surface area (Å²) in [6, 6.07) is 18.6. The Hall–Kier alpha value is -3.69. The maximum atomic E-state index is 12.8. The van der Waals surface area contributed by atoms with Gasteiger partial charge in [0.15, 0.2) is 0 Å². The zero-order valence-corrected chi connectivity index (χ0v) is 21.1. The number of ether oxygens (including phenoxy) is 3. The number of nitrogen functional groups attached to an aromatic ring is 1. The topological polar surface area (TPSA) is 103 Å². The van der Waals surface area contributed by atoms with Crippen molar-refractivity contribution in [1.29, 1.82) is 0 Å². The summed E-state index contributed by atoms with van der Waals surface area (Å²) in [5.74, 6) is 1.70. The Labute approximate surface area is 217 Å². The van der Waals surface area contributed by atoms with Crippen LogP contribution < -0.4 is 20.1 Å². The van der Waals surface area contributed by atoms with Gasteiger partial charge in [0.05, 0.1) is 19.6 Å². The largest absolute Gasteiger partial charge is 0.490 e. The van der Waals surface area contributed by atoms with Gasteiger partial charge < -0.3 is 19.9 Å². The van der Waals surface area contributed by atoms with E-state index in [4.69, 9.17) is 19.9 Å². The van der Waals surface area contributed by atoms with Crippen LogP contribution in [0.4, 0.5) is 11.6 Å². The van der Waals surface area contributed by atoms with Crippen LogP contribution in [0.5, 0.6) is 11.8 Å². The first-order valence-electron chi connectivity index (χ1n) is 12.7. The van der Waals surface area contributed by atoms with Crippen LogP contribution in [0.2, 0.25) is 0 Å². The molecule has 0 bridgehead atoms. The van der Waals surface area contributed by atoms with E-state index in [1.54, 1.807) is 12.0 Å². The second kappa shape index (κ2) is 11.6. The van der Waals surface area contributed by atoms with Crippen LogP contribution in [-0.2, 0) is 29.0 Å². The lowest BCUT2D eigenvalue weighted by Crippen LogP contribution is -2.37. The maximum Gasteiger partial charge on any atom is 0.320 e. The van der Waals surface area contributed by atoms with Crippen molar-refractivity contribution in [2.75, 3.05) is 44.0 Å².